The highest BCUT2D eigenvalue weighted by atomic mass is 35.5. The van der Waals surface area contributed by atoms with Crippen LogP contribution in [-0.2, 0) is 6.18 Å². The van der Waals surface area contributed by atoms with Gasteiger partial charge in [-0.05, 0) is 6.07 Å². The van der Waals surface area contributed by atoms with E-state index in [-0.39, 0.29) is 0 Å². The van der Waals surface area contributed by atoms with Crippen molar-refractivity contribution in [1.29, 1.82) is 0 Å². The molecule has 0 aliphatic carbocycles. The third kappa shape index (κ3) is 1.84. The molecule has 5 heteroatoms. The minimum absolute atomic E-state index is 0.411. The molecule has 1 aromatic carbocycles. The second-order valence-corrected chi connectivity index (χ2v) is 2.80. The van der Waals surface area contributed by atoms with Gasteiger partial charge in [-0.2, -0.15) is 13.2 Å². The first-order valence-electron chi connectivity index (χ1n) is 2.86. The summed E-state index contributed by atoms with van der Waals surface area (Å²) in [5.74, 6) is 0. The zero-order chi connectivity index (χ0) is 9.35. The average molecular weight is 214 g/mol. The highest BCUT2D eigenvalue weighted by molar-refractivity contribution is 6.36. The summed E-state index contributed by atoms with van der Waals surface area (Å²) >= 11 is 10.5. The molecule has 65 valence electrons. The van der Waals surface area contributed by atoms with Crippen LogP contribution in [0.25, 0.3) is 0 Å². The van der Waals surface area contributed by atoms with E-state index in [9.17, 15) is 13.2 Å². The summed E-state index contributed by atoms with van der Waals surface area (Å²) in [4.78, 5) is 0. The minimum atomic E-state index is -4.52. The summed E-state index contributed by atoms with van der Waals surface area (Å²) in [7, 11) is 0. The molecule has 0 heterocycles. The Morgan fingerprint density at radius 3 is 2.17 bits per heavy atom. The van der Waals surface area contributed by atoms with E-state index < -0.39 is 21.8 Å². The third-order valence-electron chi connectivity index (χ3n) is 1.18. The van der Waals surface area contributed by atoms with Gasteiger partial charge in [-0.3, -0.25) is 0 Å². The number of rotatable bonds is 0. The van der Waals surface area contributed by atoms with Gasteiger partial charge in [0.25, 0.3) is 0 Å². The Labute approximate surface area is 76.9 Å². The van der Waals surface area contributed by atoms with Gasteiger partial charge in [0.15, 0.2) is 0 Å². The van der Waals surface area contributed by atoms with Crippen LogP contribution < -0.4 is 0 Å². The number of benzene rings is 1. The van der Waals surface area contributed by atoms with E-state index in [1.165, 1.54) is 6.07 Å². The van der Waals surface area contributed by atoms with E-state index in [1.54, 1.807) is 0 Å². The first-order chi connectivity index (χ1) is 5.43. The highest BCUT2D eigenvalue weighted by Crippen LogP contribution is 2.38. The van der Waals surface area contributed by atoms with Crippen LogP contribution in [0.1, 0.15) is 5.56 Å². The maximum Gasteiger partial charge on any atom is 0.419 e. The third-order valence-corrected chi connectivity index (χ3v) is 1.79. The summed E-state index contributed by atoms with van der Waals surface area (Å²) in [5.41, 5.74) is -1.03. The molecule has 0 aliphatic rings. The number of hydrogen-bond donors (Lipinski definition) is 0. The van der Waals surface area contributed by atoms with Gasteiger partial charge < -0.3 is 0 Å². The lowest BCUT2D eigenvalue weighted by atomic mass is 10.2. The van der Waals surface area contributed by atoms with Crippen molar-refractivity contribution in [2.24, 2.45) is 0 Å². The molecule has 0 saturated heterocycles. The van der Waals surface area contributed by atoms with E-state index in [4.69, 9.17) is 23.2 Å². The predicted molar refractivity (Wildman–Crippen MR) is 40.3 cm³/mol. The van der Waals surface area contributed by atoms with Crippen molar-refractivity contribution in [2.45, 2.75) is 6.18 Å². The van der Waals surface area contributed by atoms with E-state index >= 15 is 0 Å². The first-order valence-corrected chi connectivity index (χ1v) is 3.61. The first kappa shape index (κ1) is 9.68. The second kappa shape index (κ2) is 3.15. The Kier molecular flexibility index (Phi) is 2.54. The van der Waals surface area contributed by atoms with Gasteiger partial charge in [0.1, 0.15) is 0 Å². The van der Waals surface area contributed by atoms with Gasteiger partial charge in [-0.1, -0.05) is 29.3 Å². The van der Waals surface area contributed by atoms with Crippen molar-refractivity contribution in [3.63, 3.8) is 0 Å². The van der Waals surface area contributed by atoms with Gasteiger partial charge >= 0.3 is 6.18 Å². The van der Waals surface area contributed by atoms with Gasteiger partial charge in [-0.25, -0.2) is 0 Å². The fourth-order valence-electron chi connectivity index (χ4n) is 0.708. The zero-order valence-corrected chi connectivity index (χ0v) is 7.06. The summed E-state index contributed by atoms with van der Waals surface area (Å²) in [6.45, 7) is 0. The van der Waals surface area contributed by atoms with Crippen LogP contribution in [0.4, 0.5) is 13.2 Å². The van der Waals surface area contributed by atoms with Crippen molar-refractivity contribution in [1.82, 2.24) is 0 Å². The van der Waals surface area contributed by atoms with E-state index in [0.717, 1.165) is 6.07 Å². The second-order valence-electron chi connectivity index (χ2n) is 2.01. The molecule has 0 nitrogen and oxygen atoms in total. The van der Waals surface area contributed by atoms with Crippen LogP contribution >= 0.6 is 23.2 Å². The van der Waals surface area contributed by atoms with Crippen molar-refractivity contribution in [2.75, 3.05) is 0 Å². The molecule has 0 fully saturated rings. The molecule has 0 bridgehead atoms. The van der Waals surface area contributed by atoms with Crippen molar-refractivity contribution in [3.8, 4) is 0 Å². The lowest BCUT2D eigenvalue weighted by Crippen LogP contribution is -2.06. The fourth-order valence-corrected chi connectivity index (χ4v) is 1.29. The summed E-state index contributed by atoms with van der Waals surface area (Å²) in [5, 5.41) is -0.916. The van der Waals surface area contributed by atoms with E-state index in [2.05, 4.69) is 6.07 Å². The molecule has 0 aromatic heterocycles. The SMILES string of the molecule is FC(F)(F)c1c(Cl)[c]ccc1Cl. The monoisotopic (exact) mass is 213 g/mol. The van der Waals surface area contributed by atoms with Crippen LogP contribution in [0.2, 0.25) is 10.0 Å². The fraction of sp³-hybridized carbons (Fsp3) is 0.143. The molecule has 0 unspecified atom stereocenters. The van der Waals surface area contributed by atoms with E-state index in [1.807, 2.05) is 0 Å². The molecule has 0 saturated carbocycles. The van der Waals surface area contributed by atoms with Crippen LogP contribution in [0.3, 0.4) is 0 Å². The van der Waals surface area contributed by atoms with Crippen LogP contribution in [0.5, 0.6) is 0 Å². The average Bonchev–Trinajstić information content (AvgIpc) is 1.82. The Hall–Kier alpha value is -0.410. The Bertz CT molecular complexity index is 273. The maximum absolute atomic E-state index is 12.1. The van der Waals surface area contributed by atoms with Crippen molar-refractivity contribution < 1.29 is 13.2 Å². The summed E-state index contributed by atoms with van der Waals surface area (Å²) in [6.07, 6.45) is -4.52. The zero-order valence-electron chi connectivity index (χ0n) is 5.54. The minimum Gasteiger partial charge on any atom is -0.166 e. The molecule has 1 aromatic rings. The number of halogens is 5. The van der Waals surface area contributed by atoms with Gasteiger partial charge in [-0.15, -0.1) is 0 Å². The van der Waals surface area contributed by atoms with Crippen LogP contribution in [-0.4, -0.2) is 0 Å². The molecule has 0 N–H and O–H groups in total. The largest absolute Gasteiger partial charge is 0.419 e. The predicted octanol–water partition coefficient (Wildman–Crippen LogP) is 3.81. The lowest BCUT2D eigenvalue weighted by Gasteiger charge is -2.09. The molecular weight excluding hydrogens is 212 g/mol. The van der Waals surface area contributed by atoms with Crippen LogP contribution in [0.15, 0.2) is 12.1 Å². The Morgan fingerprint density at radius 1 is 1.25 bits per heavy atom. The molecule has 0 atom stereocenters. The van der Waals surface area contributed by atoms with Crippen molar-refractivity contribution >= 4 is 23.2 Å². The Balaban J connectivity index is 3.31. The van der Waals surface area contributed by atoms with Crippen molar-refractivity contribution in [3.05, 3.63) is 33.8 Å². The topological polar surface area (TPSA) is 0 Å². The highest BCUT2D eigenvalue weighted by Gasteiger charge is 2.35. The van der Waals surface area contributed by atoms with E-state index in [0.29, 0.717) is 0 Å². The summed E-state index contributed by atoms with van der Waals surface area (Å²) in [6, 6.07) is 4.54. The number of alkyl halides is 3. The molecule has 0 aliphatic heterocycles. The maximum atomic E-state index is 12.1. The smallest absolute Gasteiger partial charge is 0.166 e. The molecule has 1 rings (SSSR count). The van der Waals surface area contributed by atoms with Gasteiger partial charge in [0.05, 0.1) is 15.6 Å². The van der Waals surface area contributed by atoms with Gasteiger partial charge in [0, 0.05) is 6.07 Å². The molecule has 12 heavy (non-hydrogen) atoms. The molecule has 1 radical (unpaired) electrons. The molecular formula is C7H2Cl2F3. The molecule has 0 spiro atoms. The van der Waals surface area contributed by atoms with Crippen LogP contribution in [0, 0.1) is 6.07 Å². The lowest BCUT2D eigenvalue weighted by molar-refractivity contribution is -0.137. The quantitative estimate of drug-likeness (QED) is 0.615. The standard InChI is InChI=1S/C7H2Cl2F3/c8-4-2-1-3-5(9)6(4)7(10,11)12/h1-2H. The normalized spacial score (nSPS) is 11.8. The molecule has 0 amide bonds. The summed E-state index contributed by atoms with van der Waals surface area (Å²) < 4.78 is 36.4. The van der Waals surface area contributed by atoms with Gasteiger partial charge in [0.2, 0.25) is 0 Å². The Morgan fingerprint density at radius 2 is 1.83 bits per heavy atom. The number of hydrogen-bond acceptors (Lipinski definition) is 0.